The lowest BCUT2D eigenvalue weighted by Gasteiger charge is -2.46. The van der Waals surface area contributed by atoms with Gasteiger partial charge in [0.25, 0.3) is 0 Å². The predicted octanol–water partition coefficient (Wildman–Crippen LogP) is 4.46. The Balaban J connectivity index is 1.83. The summed E-state index contributed by atoms with van der Waals surface area (Å²) in [5, 5.41) is 0. The Morgan fingerprint density at radius 3 is 2.25 bits per heavy atom. The standard InChI is InChI=1S/C26H32N2O4/c1-3-21-32-24(29)26(28(25(30)31-4-2)23-13-9-6-10-14-23)16-19-27(20-17-26)18-15-22-11-7-5-8-12-22/h3,5-14H,1,4,15-21H2,2H3. The fourth-order valence-corrected chi connectivity index (χ4v) is 4.16. The van der Waals surface area contributed by atoms with Crippen LogP contribution in [0.5, 0.6) is 0 Å². The van der Waals surface area contributed by atoms with Crippen molar-refractivity contribution in [2.24, 2.45) is 0 Å². The van der Waals surface area contributed by atoms with Crippen molar-refractivity contribution in [3.8, 4) is 0 Å². The SMILES string of the molecule is C=CCOC(=O)C1(N(C(=O)OCC)c2ccccc2)CCN(CCc2ccccc2)CC1. The second-order valence-electron chi connectivity index (χ2n) is 7.87. The number of nitrogens with zero attached hydrogens (tertiary/aromatic N) is 2. The predicted molar refractivity (Wildman–Crippen MR) is 126 cm³/mol. The molecule has 0 aromatic heterocycles. The van der Waals surface area contributed by atoms with Crippen molar-refractivity contribution in [3.63, 3.8) is 0 Å². The summed E-state index contributed by atoms with van der Waals surface area (Å²) in [7, 11) is 0. The lowest BCUT2D eigenvalue weighted by atomic mass is 9.85. The average molecular weight is 437 g/mol. The second kappa shape index (κ2) is 11.5. The molecule has 170 valence electrons. The number of anilines is 1. The van der Waals surface area contributed by atoms with Gasteiger partial charge in [0.2, 0.25) is 0 Å². The summed E-state index contributed by atoms with van der Waals surface area (Å²) in [6, 6.07) is 19.6. The lowest BCUT2D eigenvalue weighted by Crippen LogP contribution is -2.63. The molecule has 0 atom stereocenters. The van der Waals surface area contributed by atoms with Crippen LogP contribution in [0.15, 0.2) is 73.3 Å². The van der Waals surface area contributed by atoms with Crippen LogP contribution < -0.4 is 4.90 Å². The number of piperidine rings is 1. The van der Waals surface area contributed by atoms with Gasteiger partial charge in [0, 0.05) is 25.3 Å². The summed E-state index contributed by atoms with van der Waals surface area (Å²) in [6.45, 7) is 7.98. The molecule has 32 heavy (non-hydrogen) atoms. The first kappa shape index (κ1) is 23.5. The van der Waals surface area contributed by atoms with Gasteiger partial charge < -0.3 is 14.4 Å². The highest BCUT2D eigenvalue weighted by atomic mass is 16.6. The molecule has 0 unspecified atom stereocenters. The van der Waals surface area contributed by atoms with Gasteiger partial charge in [0.15, 0.2) is 5.54 Å². The molecule has 0 aliphatic carbocycles. The van der Waals surface area contributed by atoms with Crippen LogP contribution in [0.1, 0.15) is 25.3 Å². The van der Waals surface area contributed by atoms with Crippen LogP contribution in [0.4, 0.5) is 10.5 Å². The largest absolute Gasteiger partial charge is 0.460 e. The Kier molecular flexibility index (Phi) is 8.45. The number of hydrogen-bond donors (Lipinski definition) is 0. The summed E-state index contributed by atoms with van der Waals surface area (Å²) < 4.78 is 10.9. The summed E-state index contributed by atoms with van der Waals surface area (Å²) in [6.07, 6.45) is 2.87. The van der Waals surface area contributed by atoms with E-state index in [1.54, 1.807) is 6.92 Å². The highest BCUT2D eigenvalue weighted by molar-refractivity contribution is 5.99. The minimum Gasteiger partial charge on any atom is -0.460 e. The van der Waals surface area contributed by atoms with Gasteiger partial charge in [0.1, 0.15) is 6.61 Å². The molecule has 2 aromatic carbocycles. The van der Waals surface area contributed by atoms with E-state index < -0.39 is 17.6 Å². The molecule has 0 spiro atoms. The molecule has 1 fully saturated rings. The van der Waals surface area contributed by atoms with E-state index in [0.29, 0.717) is 31.6 Å². The molecule has 1 aliphatic heterocycles. The van der Waals surface area contributed by atoms with E-state index in [4.69, 9.17) is 9.47 Å². The van der Waals surface area contributed by atoms with Gasteiger partial charge in [-0.3, -0.25) is 4.90 Å². The summed E-state index contributed by atoms with van der Waals surface area (Å²) in [5.41, 5.74) is 0.784. The molecule has 0 saturated carbocycles. The number of amides is 1. The van der Waals surface area contributed by atoms with Gasteiger partial charge >= 0.3 is 12.1 Å². The zero-order valence-corrected chi connectivity index (χ0v) is 18.7. The Bertz CT molecular complexity index is 877. The monoisotopic (exact) mass is 436 g/mol. The highest BCUT2D eigenvalue weighted by Gasteiger charge is 2.51. The van der Waals surface area contributed by atoms with Gasteiger partial charge in [-0.25, -0.2) is 9.59 Å². The maximum Gasteiger partial charge on any atom is 0.415 e. The van der Waals surface area contributed by atoms with Crippen LogP contribution >= 0.6 is 0 Å². The minimum absolute atomic E-state index is 0.101. The maximum atomic E-state index is 13.4. The third kappa shape index (κ3) is 5.56. The van der Waals surface area contributed by atoms with E-state index in [0.717, 1.165) is 13.0 Å². The number of benzene rings is 2. The normalized spacial score (nSPS) is 15.5. The summed E-state index contributed by atoms with van der Waals surface area (Å²) in [5.74, 6) is -0.419. The average Bonchev–Trinajstić information content (AvgIpc) is 2.83. The molecule has 6 nitrogen and oxygen atoms in total. The number of carbonyl (C=O) groups excluding carboxylic acids is 2. The van der Waals surface area contributed by atoms with Crippen molar-refractivity contribution in [1.82, 2.24) is 4.90 Å². The van der Waals surface area contributed by atoms with Gasteiger partial charge in [-0.05, 0) is 43.9 Å². The molecule has 1 aliphatic rings. The van der Waals surface area contributed by atoms with E-state index in [-0.39, 0.29) is 13.2 Å². The molecule has 0 radical (unpaired) electrons. The van der Waals surface area contributed by atoms with Crippen LogP contribution in [0.2, 0.25) is 0 Å². The van der Waals surface area contributed by atoms with E-state index in [2.05, 4.69) is 23.6 Å². The summed E-state index contributed by atoms with van der Waals surface area (Å²) in [4.78, 5) is 30.3. The molecular formula is C26H32N2O4. The maximum absolute atomic E-state index is 13.4. The van der Waals surface area contributed by atoms with Gasteiger partial charge in [0.05, 0.1) is 6.61 Å². The fourth-order valence-electron chi connectivity index (χ4n) is 4.16. The molecular weight excluding hydrogens is 404 g/mol. The van der Waals surface area contributed by atoms with E-state index >= 15 is 0 Å². The third-order valence-electron chi connectivity index (χ3n) is 5.85. The zero-order valence-electron chi connectivity index (χ0n) is 18.7. The van der Waals surface area contributed by atoms with Crippen LogP contribution in [-0.2, 0) is 20.7 Å². The molecule has 6 heteroatoms. The number of carbonyl (C=O) groups is 2. The number of esters is 1. The van der Waals surface area contributed by atoms with Crippen molar-refractivity contribution < 1.29 is 19.1 Å². The highest BCUT2D eigenvalue weighted by Crippen LogP contribution is 2.35. The first-order valence-corrected chi connectivity index (χ1v) is 11.2. The smallest absolute Gasteiger partial charge is 0.415 e. The quantitative estimate of drug-likeness (QED) is 0.429. The second-order valence-corrected chi connectivity index (χ2v) is 7.87. The lowest BCUT2D eigenvalue weighted by molar-refractivity contribution is -0.151. The van der Waals surface area contributed by atoms with Crippen molar-refractivity contribution in [2.45, 2.75) is 31.7 Å². The van der Waals surface area contributed by atoms with Crippen LogP contribution in [0.3, 0.4) is 0 Å². The number of ether oxygens (including phenoxy) is 2. The fraction of sp³-hybridized carbons (Fsp3) is 0.385. The molecule has 1 amide bonds. The Hall–Kier alpha value is -3.12. The van der Waals surface area contributed by atoms with Crippen molar-refractivity contribution in [1.29, 1.82) is 0 Å². The Labute approximate surface area is 190 Å². The van der Waals surface area contributed by atoms with Crippen molar-refractivity contribution in [2.75, 3.05) is 37.7 Å². The summed E-state index contributed by atoms with van der Waals surface area (Å²) >= 11 is 0. The topological polar surface area (TPSA) is 59.1 Å². The molecule has 0 N–H and O–H groups in total. The zero-order chi connectivity index (χ0) is 22.8. The third-order valence-corrected chi connectivity index (χ3v) is 5.85. The first-order chi connectivity index (χ1) is 15.6. The molecule has 2 aromatic rings. The molecule has 1 heterocycles. The van der Waals surface area contributed by atoms with Gasteiger partial charge in [-0.1, -0.05) is 61.2 Å². The van der Waals surface area contributed by atoms with E-state index in [1.807, 2.05) is 48.5 Å². The van der Waals surface area contributed by atoms with Gasteiger partial charge in [-0.2, -0.15) is 0 Å². The van der Waals surface area contributed by atoms with Crippen LogP contribution in [0.25, 0.3) is 0 Å². The van der Waals surface area contributed by atoms with E-state index in [9.17, 15) is 9.59 Å². The molecule has 3 rings (SSSR count). The first-order valence-electron chi connectivity index (χ1n) is 11.2. The minimum atomic E-state index is -1.13. The van der Waals surface area contributed by atoms with Crippen molar-refractivity contribution >= 4 is 17.7 Å². The Morgan fingerprint density at radius 1 is 1.03 bits per heavy atom. The number of para-hydroxylation sites is 1. The number of likely N-dealkylation sites (tertiary alicyclic amines) is 1. The van der Waals surface area contributed by atoms with Crippen LogP contribution in [0, 0.1) is 0 Å². The van der Waals surface area contributed by atoms with Gasteiger partial charge in [-0.15, -0.1) is 0 Å². The molecule has 0 bridgehead atoms. The molecule has 1 saturated heterocycles. The van der Waals surface area contributed by atoms with Crippen molar-refractivity contribution in [3.05, 3.63) is 78.9 Å². The Morgan fingerprint density at radius 2 is 1.66 bits per heavy atom. The number of rotatable bonds is 9. The van der Waals surface area contributed by atoms with E-state index in [1.165, 1.54) is 16.5 Å². The number of hydrogen-bond acceptors (Lipinski definition) is 5. The van der Waals surface area contributed by atoms with Crippen LogP contribution in [-0.4, -0.2) is 55.3 Å².